The third kappa shape index (κ3) is 2.66. The molecule has 0 amide bonds. The highest BCUT2D eigenvalue weighted by molar-refractivity contribution is 5.24. The first-order valence-corrected chi connectivity index (χ1v) is 6.36. The Bertz CT molecular complexity index is 277. The lowest BCUT2D eigenvalue weighted by Crippen LogP contribution is -2.47. The molecular formula is C13H23N3. The van der Waals surface area contributed by atoms with E-state index in [1.54, 1.807) is 0 Å². The summed E-state index contributed by atoms with van der Waals surface area (Å²) in [6.45, 7) is 0.614. The van der Waals surface area contributed by atoms with Crippen LogP contribution in [0.3, 0.4) is 0 Å². The SMILES string of the molecule is CN(C1CCCCC1)C1C=CC(CN)=CN1. The number of nitrogens with two attached hydrogens (primary N) is 1. The molecule has 3 N–H and O–H groups in total. The molecule has 1 aliphatic carbocycles. The van der Waals surface area contributed by atoms with Crippen molar-refractivity contribution in [2.24, 2.45) is 5.73 Å². The summed E-state index contributed by atoms with van der Waals surface area (Å²) in [5.74, 6) is 0. The average molecular weight is 221 g/mol. The Morgan fingerprint density at radius 3 is 2.69 bits per heavy atom. The van der Waals surface area contributed by atoms with Crippen molar-refractivity contribution in [2.45, 2.75) is 44.3 Å². The molecule has 2 rings (SSSR count). The van der Waals surface area contributed by atoms with E-state index in [2.05, 4.69) is 29.4 Å². The van der Waals surface area contributed by atoms with E-state index in [1.165, 1.54) is 37.7 Å². The third-order valence-electron chi connectivity index (χ3n) is 3.76. The Kier molecular flexibility index (Phi) is 4.02. The van der Waals surface area contributed by atoms with Crippen LogP contribution in [0.1, 0.15) is 32.1 Å². The first kappa shape index (κ1) is 11.7. The van der Waals surface area contributed by atoms with Crippen molar-refractivity contribution in [3.8, 4) is 0 Å². The summed E-state index contributed by atoms with van der Waals surface area (Å²) in [5.41, 5.74) is 6.77. The third-order valence-corrected chi connectivity index (χ3v) is 3.76. The molecule has 16 heavy (non-hydrogen) atoms. The van der Waals surface area contributed by atoms with Crippen molar-refractivity contribution in [3.05, 3.63) is 23.9 Å². The fourth-order valence-electron chi connectivity index (χ4n) is 2.61. The van der Waals surface area contributed by atoms with E-state index in [0.29, 0.717) is 12.7 Å². The van der Waals surface area contributed by atoms with Gasteiger partial charge < -0.3 is 11.1 Å². The number of nitrogens with zero attached hydrogens (tertiary/aromatic N) is 1. The number of nitrogens with one attached hydrogen (secondary N) is 1. The first-order valence-electron chi connectivity index (χ1n) is 6.36. The van der Waals surface area contributed by atoms with Gasteiger partial charge in [-0.25, -0.2) is 0 Å². The number of rotatable bonds is 3. The lowest BCUT2D eigenvalue weighted by molar-refractivity contribution is 0.148. The van der Waals surface area contributed by atoms with Crippen LogP contribution in [0.5, 0.6) is 0 Å². The van der Waals surface area contributed by atoms with Crippen LogP contribution in [0.2, 0.25) is 0 Å². The van der Waals surface area contributed by atoms with E-state index in [4.69, 9.17) is 5.73 Å². The molecule has 3 heteroatoms. The van der Waals surface area contributed by atoms with Gasteiger partial charge in [-0.15, -0.1) is 0 Å². The van der Waals surface area contributed by atoms with Crippen LogP contribution < -0.4 is 11.1 Å². The van der Waals surface area contributed by atoms with Gasteiger partial charge in [0.2, 0.25) is 0 Å². The van der Waals surface area contributed by atoms with Gasteiger partial charge in [0.15, 0.2) is 0 Å². The molecule has 0 bridgehead atoms. The summed E-state index contributed by atoms with van der Waals surface area (Å²) in [7, 11) is 2.22. The summed E-state index contributed by atoms with van der Waals surface area (Å²) >= 11 is 0. The zero-order valence-electron chi connectivity index (χ0n) is 10.2. The van der Waals surface area contributed by atoms with Gasteiger partial charge in [-0.2, -0.15) is 0 Å². The van der Waals surface area contributed by atoms with Gasteiger partial charge in [0.05, 0.1) is 6.17 Å². The predicted octanol–water partition coefficient (Wildman–Crippen LogP) is 1.58. The Balaban J connectivity index is 1.89. The second kappa shape index (κ2) is 5.51. The summed E-state index contributed by atoms with van der Waals surface area (Å²) < 4.78 is 0. The molecule has 90 valence electrons. The normalized spacial score (nSPS) is 26.7. The van der Waals surface area contributed by atoms with E-state index in [-0.39, 0.29) is 0 Å². The lowest BCUT2D eigenvalue weighted by atomic mass is 9.94. The quantitative estimate of drug-likeness (QED) is 0.760. The smallest absolute Gasteiger partial charge is 0.0984 e. The standard InChI is InChI=1S/C13H23N3/c1-16(12-5-3-2-4-6-12)13-8-7-11(9-14)10-15-13/h7-8,10,12-13,15H,2-6,9,14H2,1H3. The second-order valence-electron chi connectivity index (χ2n) is 4.85. The van der Waals surface area contributed by atoms with E-state index in [1.807, 2.05) is 6.20 Å². The molecule has 1 atom stereocenters. The Hall–Kier alpha value is -0.800. The molecular weight excluding hydrogens is 198 g/mol. The molecule has 1 saturated carbocycles. The maximum Gasteiger partial charge on any atom is 0.0984 e. The van der Waals surface area contributed by atoms with Crippen LogP contribution in [0.4, 0.5) is 0 Å². The molecule has 0 aromatic carbocycles. The molecule has 1 aliphatic heterocycles. The lowest BCUT2D eigenvalue weighted by Gasteiger charge is -2.37. The zero-order chi connectivity index (χ0) is 11.4. The fourth-order valence-corrected chi connectivity index (χ4v) is 2.61. The summed E-state index contributed by atoms with van der Waals surface area (Å²) in [6.07, 6.45) is 13.6. The minimum absolute atomic E-state index is 0.346. The van der Waals surface area contributed by atoms with E-state index in [9.17, 15) is 0 Å². The van der Waals surface area contributed by atoms with Crippen LogP contribution in [-0.4, -0.2) is 30.7 Å². The van der Waals surface area contributed by atoms with Crippen molar-refractivity contribution < 1.29 is 0 Å². The molecule has 2 aliphatic rings. The molecule has 3 nitrogen and oxygen atoms in total. The molecule has 0 aromatic heterocycles. The van der Waals surface area contributed by atoms with Crippen molar-refractivity contribution in [3.63, 3.8) is 0 Å². The topological polar surface area (TPSA) is 41.3 Å². The first-order chi connectivity index (χ1) is 7.81. The summed E-state index contributed by atoms with van der Waals surface area (Å²) in [6, 6.07) is 0.740. The van der Waals surface area contributed by atoms with Gasteiger partial charge in [0, 0.05) is 18.8 Å². The highest BCUT2D eigenvalue weighted by atomic mass is 15.3. The van der Waals surface area contributed by atoms with Gasteiger partial charge in [0.25, 0.3) is 0 Å². The van der Waals surface area contributed by atoms with Crippen molar-refractivity contribution in [1.29, 1.82) is 0 Å². The molecule has 1 fully saturated rings. The average Bonchev–Trinajstić information content (AvgIpc) is 2.39. The fraction of sp³-hybridized carbons (Fsp3) is 0.692. The number of hydrogen-bond donors (Lipinski definition) is 2. The van der Waals surface area contributed by atoms with Gasteiger partial charge in [-0.3, -0.25) is 4.90 Å². The highest BCUT2D eigenvalue weighted by Gasteiger charge is 2.23. The summed E-state index contributed by atoms with van der Waals surface area (Å²) in [4.78, 5) is 2.46. The van der Waals surface area contributed by atoms with Gasteiger partial charge in [-0.1, -0.05) is 25.3 Å². The largest absolute Gasteiger partial charge is 0.372 e. The van der Waals surface area contributed by atoms with Gasteiger partial charge in [-0.05, 0) is 31.5 Å². The predicted molar refractivity (Wildman–Crippen MR) is 67.8 cm³/mol. The van der Waals surface area contributed by atoms with Gasteiger partial charge >= 0.3 is 0 Å². The molecule has 1 unspecified atom stereocenters. The zero-order valence-corrected chi connectivity index (χ0v) is 10.2. The van der Waals surface area contributed by atoms with Crippen LogP contribution in [-0.2, 0) is 0 Å². The van der Waals surface area contributed by atoms with Gasteiger partial charge in [0.1, 0.15) is 0 Å². The van der Waals surface area contributed by atoms with Crippen LogP contribution in [0, 0.1) is 0 Å². The second-order valence-corrected chi connectivity index (χ2v) is 4.85. The molecule has 0 radical (unpaired) electrons. The highest BCUT2D eigenvalue weighted by Crippen LogP contribution is 2.23. The Morgan fingerprint density at radius 1 is 1.38 bits per heavy atom. The maximum absolute atomic E-state index is 5.59. The Labute approximate surface area is 98.4 Å². The van der Waals surface area contributed by atoms with Crippen molar-refractivity contribution in [1.82, 2.24) is 10.2 Å². The van der Waals surface area contributed by atoms with E-state index >= 15 is 0 Å². The minimum Gasteiger partial charge on any atom is -0.372 e. The molecule has 1 heterocycles. The molecule has 0 spiro atoms. The number of likely N-dealkylation sites (N-methyl/N-ethyl adjacent to an activating group) is 1. The van der Waals surface area contributed by atoms with E-state index < -0.39 is 0 Å². The van der Waals surface area contributed by atoms with Crippen molar-refractivity contribution >= 4 is 0 Å². The van der Waals surface area contributed by atoms with Crippen LogP contribution in [0.15, 0.2) is 23.9 Å². The monoisotopic (exact) mass is 221 g/mol. The van der Waals surface area contributed by atoms with Crippen LogP contribution >= 0.6 is 0 Å². The van der Waals surface area contributed by atoms with Crippen molar-refractivity contribution in [2.75, 3.05) is 13.6 Å². The van der Waals surface area contributed by atoms with Crippen LogP contribution in [0.25, 0.3) is 0 Å². The molecule has 0 aromatic rings. The summed E-state index contributed by atoms with van der Waals surface area (Å²) in [5, 5.41) is 3.41. The minimum atomic E-state index is 0.346. The molecule has 0 saturated heterocycles. The van der Waals surface area contributed by atoms with E-state index in [0.717, 1.165) is 6.04 Å². The maximum atomic E-state index is 5.59. The number of hydrogen-bond acceptors (Lipinski definition) is 3. The Morgan fingerprint density at radius 2 is 2.12 bits per heavy atom. The number of dihydropyridines is 1.